The highest BCUT2D eigenvalue weighted by atomic mass is 16.7. The van der Waals surface area contributed by atoms with Crippen LogP contribution in [0.1, 0.15) is 20.3 Å². The van der Waals surface area contributed by atoms with Gasteiger partial charge in [-0.15, -0.1) is 0 Å². The summed E-state index contributed by atoms with van der Waals surface area (Å²) in [6.45, 7) is 2.75. The Balaban J connectivity index is 1.52. The van der Waals surface area contributed by atoms with Gasteiger partial charge in [-0.2, -0.15) is 0 Å². The predicted octanol–water partition coefficient (Wildman–Crippen LogP) is -3.01. The monoisotopic (exact) mass is 458 g/mol. The van der Waals surface area contributed by atoms with Crippen LogP contribution in [0.25, 0.3) is 0 Å². The number of aliphatic hydroxyl groups is 6. The normalized spacial score (nSPS) is 56.8. The van der Waals surface area contributed by atoms with Crippen LogP contribution in [0, 0.1) is 10.8 Å². The molecule has 5 rings (SSSR count). The molecule has 11 heteroatoms. The van der Waals surface area contributed by atoms with Crippen LogP contribution in [0.5, 0.6) is 0 Å². The highest BCUT2D eigenvalue weighted by Crippen LogP contribution is 2.71. The molecule has 1 saturated carbocycles. The third-order valence-corrected chi connectivity index (χ3v) is 8.51. The van der Waals surface area contributed by atoms with E-state index in [1.54, 1.807) is 13.0 Å². The third kappa shape index (κ3) is 2.63. The van der Waals surface area contributed by atoms with Crippen molar-refractivity contribution in [1.29, 1.82) is 0 Å². The van der Waals surface area contributed by atoms with E-state index in [0.717, 1.165) is 0 Å². The van der Waals surface area contributed by atoms with E-state index in [1.807, 2.05) is 6.92 Å². The molecule has 0 amide bonds. The lowest BCUT2D eigenvalue weighted by atomic mass is 9.50. The van der Waals surface area contributed by atoms with Crippen molar-refractivity contribution in [3.05, 3.63) is 11.6 Å². The highest BCUT2D eigenvalue weighted by molar-refractivity contribution is 6.00. The number of aliphatic hydroxyl groups excluding tert-OH is 6. The zero-order chi connectivity index (χ0) is 23.2. The van der Waals surface area contributed by atoms with Gasteiger partial charge in [-0.3, -0.25) is 4.79 Å². The SMILES string of the molecule is CC1=C[C@@H]2O[C@H]3[C@@H](O)C[C@](C)(C34CO4)[C@]2(CO[C@@H]2O[C@@H](CO)[C@H](O)[C@@H](O)[C@@H]2O)[C@@H](O)C1=O. The molecule has 4 fully saturated rings. The Morgan fingerprint density at radius 2 is 1.81 bits per heavy atom. The van der Waals surface area contributed by atoms with E-state index >= 15 is 0 Å². The van der Waals surface area contributed by atoms with Crippen LogP contribution in [-0.4, -0.2) is 117 Å². The third-order valence-electron chi connectivity index (χ3n) is 8.51. The van der Waals surface area contributed by atoms with Crippen LogP contribution in [0.4, 0.5) is 0 Å². The lowest BCUT2D eigenvalue weighted by Crippen LogP contribution is -2.71. The van der Waals surface area contributed by atoms with Crippen molar-refractivity contribution in [3.63, 3.8) is 0 Å². The minimum atomic E-state index is -1.64. The van der Waals surface area contributed by atoms with Gasteiger partial charge in [-0.05, 0) is 25.0 Å². The molecule has 0 aromatic heterocycles. The van der Waals surface area contributed by atoms with E-state index in [0.29, 0.717) is 12.2 Å². The second-order valence-electron chi connectivity index (χ2n) is 9.92. The minimum Gasteiger partial charge on any atom is -0.394 e. The number of ketones is 1. The summed E-state index contributed by atoms with van der Waals surface area (Å²) in [6.07, 6.45) is -9.43. The number of fused-ring (bicyclic) bond motifs is 2. The molecule has 5 aliphatic rings. The van der Waals surface area contributed by atoms with E-state index in [1.165, 1.54) is 0 Å². The molecule has 32 heavy (non-hydrogen) atoms. The number of carbonyl (C=O) groups is 1. The summed E-state index contributed by atoms with van der Waals surface area (Å²) in [6, 6.07) is 0. The maximum atomic E-state index is 12.9. The number of rotatable bonds is 4. The number of hydrogen-bond donors (Lipinski definition) is 6. The summed E-state index contributed by atoms with van der Waals surface area (Å²) >= 11 is 0. The number of hydrogen-bond acceptors (Lipinski definition) is 11. The van der Waals surface area contributed by atoms with Gasteiger partial charge >= 0.3 is 0 Å². The molecule has 1 unspecified atom stereocenters. The number of carbonyl (C=O) groups excluding carboxylic acids is 1. The Labute approximate surface area is 184 Å². The lowest BCUT2D eigenvalue weighted by Gasteiger charge is -2.59. The molecule has 6 N–H and O–H groups in total. The Bertz CT molecular complexity index is 825. The summed E-state index contributed by atoms with van der Waals surface area (Å²) in [5.74, 6) is -0.501. The molecule has 0 aromatic carbocycles. The maximum absolute atomic E-state index is 12.9. The van der Waals surface area contributed by atoms with Crippen molar-refractivity contribution < 1.29 is 54.4 Å². The molecule has 0 aromatic rings. The second kappa shape index (κ2) is 7.25. The van der Waals surface area contributed by atoms with Crippen molar-refractivity contribution in [2.75, 3.05) is 19.8 Å². The van der Waals surface area contributed by atoms with Crippen LogP contribution in [0.15, 0.2) is 11.6 Å². The molecule has 3 heterocycles. The van der Waals surface area contributed by atoms with Crippen molar-refractivity contribution >= 4 is 5.78 Å². The molecule has 0 radical (unpaired) electrons. The Morgan fingerprint density at radius 3 is 2.44 bits per heavy atom. The van der Waals surface area contributed by atoms with E-state index in [2.05, 4.69) is 0 Å². The van der Waals surface area contributed by atoms with Crippen molar-refractivity contribution in [2.45, 2.75) is 81.0 Å². The molecule has 3 aliphatic heterocycles. The predicted molar refractivity (Wildman–Crippen MR) is 103 cm³/mol. The van der Waals surface area contributed by atoms with Crippen molar-refractivity contribution in [3.8, 4) is 0 Å². The number of epoxide rings is 1. The van der Waals surface area contributed by atoms with E-state index < -0.39 is 83.9 Å². The summed E-state index contributed by atoms with van der Waals surface area (Å²) < 4.78 is 23.3. The fraction of sp³-hybridized carbons (Fsp3) is 0.857. The summed E-state index contributed by atoms with van der Waals surface area (Å²) in [4.78, 5) is 12.9. The second-order valence-corrected chi connectivity index (χ2v) is 9.92. The quantitative estimate of drug-likeness (QED) is 0.236. The molecule has 11 nitrogen and oxygen atoms in total. The average Bonchev–Trinajstić information content (AvgIpc) is 3.53. The van der Waals surface area contributed by atoms with Crippen LogP contribution < -0.4 is 0 Å². The molecule has 2 aliphatic carbocycles. The van der Waals surface area contributed by atoms with Crippen LogP contribution in [-0.2, 0) is 23.7 Å². The van der Waals surface area contributed by atoms with E-state index in [-0.39, 0.29) is 13.0 Å². The van der Waals surface area contributed by atoms with Gasteiger partial charge in [0.1, 0.15) is 42.2 Å². The van der Waals surface area contributed by atoms with E-state index in [4.69, 9.17) is 18.9 Å². The molecule has 180 valence electrons. The first-order chi connectivity index (χ1) is 15.0. The Kier molecular flexibility index (Phi) is 5.16. The van der Waals surface area contributed by atoms with Gasteiger partial charge in [0.05, 0.1) is 37.4 Å². The largest absolute Gasteiger partial charge is 0.394 e. The number of ether oxygens (including phenoxy) is 4. The first-order valence-electron chi connectivity index (χ1n) is 10.8. The Hall–Kier alpha value is -0.990. The first-order valence-corrected chi connectivity index (χ1v) is 10.8. The van der Waals surface area contributed by atoms with Gasteiger partial charge in [0.15, 0.2) is 12.1 Å². The zero-order valence-corrected chi connectivity index (χ0v) is 17.8. The first kappa shape index (κ1) is 22.8. The van der Waals surface area contributed by atoms with E-state index in [9.17, 15) is 35.4 Å². The lowest BCUT2D eigenvalue weighted by molar-refractivity contribution is -0.324. The molecular weight excluding hydrogens is 428 g/mol. The van der Waals surface area contributed by atoms with Crippen molar-refractivity contribution in [1.82, 2.24) is 0 Å². The van der Waals surface area contributed by atoms with Crippen LogP contribution >= 0.6 is 0 Å². The standard InChI is InChI=1S/C21H30O11/c1-8-3-11-20(16(28)12(8)24,19(2)4-9(23)17(32-11)21(19)7-30-21)6-29-18-15(27)14(26)13(25)10(5-22)31-18/h3,9-11,13-18,22-23,25-28H,4-7H2,1-2H3/t9-,10-,11-,13-,14+,15-,16-,17-,18+,19-,20-,21?/m0/s1. The fourth-order valence-corrected chi connectivity index (χ4v) is 6.41. The van der Waals surface area contributed by atoms with Crippen LogP contribution in [0.2, 0.25) is 0 Å². The topological polar surface area (TPSA) is 179 Å². The fourth-order valence-electron chi connectivity index (χ4n) is 6.41. The Morgan fingerprint density at radius 1 is 1.12 bits per heavy atom. The number of Topliss-reactive ketones (excluding diaryl/α,β-unsaturated/α-hetero) is 1. The van der Waals surface area contributed by atoms with Gasteiger partial charge in [0, 0.05) is 5.41 Å². The van der Waals surface area contributed by atoms with Gasteiger partial charge < -0.3 is 49.6 Å². The smallest absolute Gasteiger partial charge is 0.187 e. The highest BCUT2D eigenvalue weighted by Gasteiger charge is 2.83. The maximum Gasteiger partial charge on any atom is 0.187 e. The summed E-state index contributed by atoms with van der Waals surface area (Å²) in [5, 5.41) is 61.9. The van der Waals surface area contributed by atoms with Gasteiger partial charge in [-0.25, -0.2) is 0 Å². The molecule has 2 bridgehead atoms. The summed E-state index contributed by atoms with van der Waals surface area (Å²) in [7, 11) is 0. The van der Waals surface area contributed by atoms with Crippen LogP contribution in [0.3, 0.4) is 0 Å². The van der Waals surface area contributed by atoms with Gasteiger partial charge in [0.25, 0.3) is 0 Å². The average molecular weight is 458 g/mol. The van der Waals surface area contributed by atoms with Gasteiger partial charge in [0.2, 0.25) is 0 Å². The summed E-state index contributed by atoms with van der Waals surface area (Å²) in [5.41, 5.74) is -2.86. The zero-order valence-electron chi connectivity index (χ0n) is 17.8. The molecule has 12 atom stereocenters. The molecule has 3 saturated heterocycles. The minimum absolute atomic E-state index is 0.198. The van der Waals surface area contributed by atoms with Gasteiger partial charge in [-0.1, -0.05) is 6.92 Å². The van der Waals surface area contributed by atoms with Crippen molar-refractivity contribution in [2.24, 2.45) is 10.8 Å². The molecule has 1 spiro atoms. The molecular formula is C21H30O11.